The molecular formula is C14H16ClFN2O2. The Kier molecular flexibility index (Phi) is 4.30. The molecule has 2 aromatic rings. The molecule has 1 heterocycles. The number of aliphatic hydroxyl groups is 1. The molecule has 4 nitrogen and oxygen atoms in total. The Bertz CT molecular complexity index is 613. The number of halogens is 2. The lowest BCUT2D eigenvalue weighted by Crippen LogP contribution is -2.13. The van der Waals surface area contributed by atoms with Gasteiger partial charge in [-0.3, -0.25) is 4.68 Å². The van der Waals surface area contributed by atoms with Gasteiger partial charge in [0.05, 0.1) is 18.3 Å². The molecule has 1 aromatic carbocycles. The number of rotatable bonds is 4. The van der Waals surface area contributed by atoms with Gasteiger partial charge in [0.2, 0.25) is 0 Å². The summed E-state index contributed by atoms with van der Waals surface area (Å²) in [7, 11) is 1.49. The Balaban J connectivity index is 2.55. The van der Waals surface area contributed by atoms with Crippen molar-refractivity contribution in [3.05, 3.63) is 46.5 Å². The number of methoxy groups -OCH3 is 1. The highest BCUT2D eigenvalue weighted by atomic mass is 35.5. The second-order valence-electron chi connectivity index (χ2n) is 4.68. The fourth-order valence-corrected chi connectivity index (χ4v) is 2.29. The first-order valence-electron chi connectivity index (χ1n) is 6.20. The Morgan fingerprint density at radius 3 is 2.70 bits per heavy atom. The van der Waals surface area contributed by atoms with Crippen molar-refractivity contribution in [3.8, 4) is 5.75 Å². The monoisotopic (exact) mass is 298 g/mol. The van der Waals surface area contributed by atoms with Crippen molar-refractivity contribution in [1.29, 1.82) is 0 Å². The first-order valence-corrected chi connectivity index (χ1v) is 6.58. The quantitative estimate of drug-likeness (QED) is 0.941. The number of benzene rings is 1. The van der Waals surface area contributed by atoms with E-state index < -0.39 is 11.9 Å². The van der Waals surface area contributed by atoms with Crippen molar-refractivity contribution in [1.82, 2.24) is 9.78 Å². The molecule has 20 heavy (non-hydrogen) atoms. The van der Waals surface area contributed by atoms with E-state index in [9.17, 15) is 9.50 Å². The third-order valence-electron chi connectivity index (χ3n) is 3.04. The van der Waals surface area contributed by atoms with Gasteiger partial charge >= 0.3 is 0 Å². The summed E-state index contributed by atoms with van der Waals surface area (Å²) >= 11 is 5.93. The van der Waals surface area contributed by atoms with Crippen LogP contribution in [-0.2, 0) is 0 Å². The zero-order valence-corrected chi connectivity index (χ0v) is 12.2. The van der Waals surface area contributed by atoms with E-state index in [0.717, 1.165) is 0 Å². The van der Waals surface area contributed by atoms with Crippen molar-refractivity contribution in [2.75, 3.05) is 7.11 Å². The summed E-state index contributed by atoms with van der Waals surface area (Å²) in [6.07, 6.45) is 0.407. The van der Waals surface area contributed by atoms with Crippen LogP contribution >= 0.6 is 11.6 Å². The van der Waals surface area contributed by atoms with E-state index in [1.54, 1.807) is 10.7 Å². The Morgan fingerprint density at radius 1 is 1.40 bits per heavy atom. The molecule has 1 atom stereocenters. The highest BCUT2D eigenvalue weighted by Gasteiger charge is 2.25. The maximum absolute atomic E-state index is 13.5. The third-order valence-corrected chi connectivity index (χ3v) is 3.44. The molecule has 1 N–H and O–H groups in total. The van der Waals surface area contributed by atoms with Crippen LogP contribution in [0.3, 0.4) is 0 Å². The number of ether oxygens (including phenoxy) is 1. The fourth-order valence-electron chi connectivity index (χ4n) is 2.06. The predicted octanol–water partition coefficient (Wildman–Crippen LogP) is 3.35. The number of aliphatic hydroxyl groups excluding tert-OH is 1. The molecule has 0 amide bonds. The van der Waals surface area contributed by atoms with E-state index in [4.69, 9.17) is 16.3 Å². The molecular weight excluding hydrogens is 283 g/mol. The van der Waals surface area contributed by atoms with Crippen LogP contribution in [0.15, 0.2) is 24.4 Å². The molecule has 0 aliphatic rings. The molecule has 0 radical (unpaired) electrons. The van der Waals surface area contributed by atoms with Crippen LogP contribution in [0, 0.1) is 5.82 Å². The van der Waals surface area contributed by atoms with Gasteiger partial charge < -0.3 is 9.84 Å². The van der Waals surface area contributed by atoms with E-state index in [1.165, 1.54) is 25.4 Å². The average Bonchev–Trinajstić information content (AvgIpc) is 2.85. The first-order chi connectivity index (χ1) is 9.47. The summed E-state index contributed by atoms with van der Waals surface area (Å²) in [4.78, 5) is 0. The summed E-state index contributed by atoms with van der Waals surface area (Å²) in [5.74, 6) is -0.135. The van der Waals surface area contributed by atoms with Gasteiger partial charge in [-0.05, 0) is 19.9 Å². The van der Waals surface area contributed by atoms with Gasteiger partial charge in [0.15, 0.2) is 5.75 Å². The van der Waals surface area contributed by atoms with E-state index >= 15 is 0 Å². The fraction of sp³-hybridized carbons (Fsp3) is 0.357. The van der Waals surface area contributed by atoms with Crippen LogP contribution in [0.1, 0.15) is 37.3 Å². The zero-order valence-electron chi connectivity index (χ0n) is 11.5. The summed E-state index contributed by atoms with van der Waals surface area (Å²) in [5, 5.41) is 14.6. The summed E-state index contributed by atoms with van der Waals surface area (Å²) in [6, 6.07) is 4.35. The van der Waals surface area contributed by atoms with Crippen molar-refractivity contribution in [2.24, 2.45) is 0 Å². The molecule has 2 rings (SSSR count). The zero-order chi connectivity index (χ0) is 14.9. The third kappa shape index (κ3) is 2.51. The molecule has 0 saturated heterocycles. The van der Waals surface area contributed by atoms with Crippen LogP contribution in [0.5, 0.6) is 5.75 Å². The standard InChI is InChI=1S/C14H16ClFN2O2/c1-8(2)18-13(11(20-3)7-17-18)14(19)9-5-4-6-10(16)12(9)15/h4-8,14,19H,1-3H3. The molecule has 6 heteroatoms. The minimum absolute atomic E-state index is 0.0240. The molecule has 0 spiro atoms. The second-order valence-corrected chi connectivity index (χ2v) is 5.06. The molecule has 0 aliphatic heterocycles. The van der Waals surface area contributed by atoms with Crippen molar-refractivity contribution in [3.63, 3.8) is 0 Å². The predicted molar refractivity (Wildman–Crippen MR) is 74.6 cm³/mol. The minimum atomic E-state index is -1.11. The normalized spacial score (nSPS) is 12.8. The Morgan fingerprint density at radius 2 is 2.10 bits per heavy atom. The summed E-state index contributed by atoms with van der Waals surface area (Å²) in [5.41, 5.74) is 0.738. The topological polar surface area (TPSA) is 47.3 Å². The van der Waals surface area contributed by atoms with Gasteiger partial charge in [0.25, 0.3) is 0 Å². The van der Waals surface area contributed by atoms with Gasteiger partial charge in [-0.15, -0.1) is 0 Å². The van der Waals surface area contributed by atoms with Gasteiger partial charge in [-0.2, -0.15) is 5.10 Å². The van der Waals surface area contributed by atoms with Crippen LogP contribution in [0.25, 0.3) is 0 Å². The number of hydrogen-bond donors (Lipinski definition) is 1. The molecule has 0 aliphatic carbocycles. The van der Waals surface area contributed by atoms with Crippen molar-refractivity contribution < 1.29 is 14.2 Å². The molecule has 1 aromatic heterocycles. The van der Waals surface area contributed by atoms with E-state index in [1.807, 2.05) is 13.8 Å². The number of aromatic nitrogens is 2. The van der Waals surface area contributed by atoms with Gasteiger partial charge in [-0.25, -0.2) is 4.39 Å². The molecule has 1 unspecified atom stereocenters. The van der Waals surface area contributed by atoms with Crippen LogP contribution < -0.4 is 4.74 Å². The Hall–Kier alpha value is -1.59. The smallest absolute Gasteiger partial charge is 0.163 e. The lowest BCUT2D eigenvalue weighted by molar-refractivity contribution is 0.199. The molecule has 0 bridgehead atoms. The maximum Gasteiger partial charge on any atom is 0.163 e. The molecule has 108 valence electrons. The Labute approximate surface area is 121 Å². The number of hydrogen-bond acceptors (Lipinski definition) is 3. The van der Waals surface area contributed by atoms with Crippen molar-refractivity contribution in [2.45, 2.75) is 26.0 Å². The van der Waals surface area contributed by atoms with Gasteiger partial charge in [-0.1, -0.05) is 23.7 Å². The highest BCUT2D eigenvalue weighted by molar-refractivity contribution is 6.31. The van der Waals surface area contributed by atoms with Crippen molar-refractivity contribution >= 4 is 11.6 Å². The van der Waals surface area contributed by atoms with Crippen LogP contribution in [0.2, 0.25) is 5.02 Å². The lowest BCUT2D eigenvalue weighted by atomic mass is 10.1. The van der Waals surface area contributed by atoms with E-state index in [2.05, 4.69) is 5.10 Å². The van der Waals surface area contributed by atoms with Crippen LogP contribution in [-0.4, -0.2) is 22.0 Å². The SMILES string of the molecule is COc1cnn(C(C)C)c1C(O)c1cccc(F)c1Cl. The number of nitrogens with zero attached hydrogens (tertiary/aromatic N) is 2. The first kappa shape index (κ1) is 14.8. The highest BCUT2D eigenvalue weighted by Crippen LogP contribution is 2.35. The average molecular weight is 299 g/mol. The van der Waals surface area contributed by atoms with Gasteiger partial charge in [0.1, 0.15) is 17.6 Å². The van der Waals surface area contributed by atoms with Crippen LogP contribution in [0.4, 0.5) is 4.39 Å². The maximum atomic E-state index is 13.5. The minimum Gasteiger partial charge on any atom is -0.493 e. The second kappa shape index (κ2) is 5.81. The lowest BCUT2D eigenvalue weighted by Gasteiger charge is -2.18. The summed E-state index contributed by atoms with van der Waals surface area (Å²) < 4.78 is 20.4. The molecule has 0 saturated carbocycles. The summed E-state index contributed by atoms with van der Waals surface area (Å²) in [6.45, 7) is 3.85. The molecule has 0 fully saturated rings. The largest absolute Gasteiger partial charge is 0.493 e. The van der Waals surface area contributed by atoms with E-state index in [0.29, 0.717) is 11.4 Å². The van der Waals surface area contributed by atoms with E-state index in [-0.39, 0.29) is 16.6 Å². The van der Waals surface area contributed by atoms with Gasteiger partial charge in [0, 0.05) is 11.6 Å².